The molecule has 2 aromatic rings. The van der Waals surface area contributed by atoms with E-state index in [0.29, 0.717) is 38.1 Å². The third-order valence-electron chi connectivity index (χ3n) is 5.49. The molecule has 4 rings (SSSR count). The SMILES string of the molecule is Cc1cccn2c(=O)c(C=C3SC(=S)N(C)C3=O)c(N3CC(C)CC(C)C3)nc12. The molecule has 0 aromatic carbocycles. The number of likely N-dealkylation sites (N-methyl/N-ethyl adjacent to an activating group) is 1. The van der Waals surface area contributed by atoms with Gasteiger partial charge in [0.1, 0.15) is 15.8 Å². The van der Waals surface area contributed by atoms with Crippen LogP contribution < -0.4 is 10.5 Å². The normalized spacial score (nSPS) is 24.2. The van der Waals surface area contributed by atoms with Crippen molar-refractivity contribution in [1.82, 2.24) is 14.3 Å². The van der Waals surface area contributed by atoms with Crippen LogP contribution in [0.3, 0.4) is 0 Å². The molecule has 6 nitrogen and oxygen atoms in total. The van der Waals surface area contributed by atoms with Gasteiger partial charge in [0.25, 0.3) is 11.5 Å². The lowest BCUT2D eigenvalue weighted by Crippen LogP contribution is -2.40. The van der Waals surface area contributed by atoms with Gasteiger partial charge < -0.3 is 4.90 Å². The van der Waals surface area contributed by atoms with E-state index in [1.54, 1.807) is 23.7 Å². The van der Waals surface area contributed by atoms with Crippen LogP contribution in [0, 0.1) is 18.8 Å². The average Bonchev–Trinajstić information content (AvgIpc) is 2.90. The molecule has 1 amide bonds. The first kappa shape index (κ1) is 20.1. The Morgan fingerprint density at radius 3 is 2.55 bits per heavy atom. The first-order valence-corrected chi connectivity index (χ1v) is 11.0. The van der Waals surface area contributed by atoms with Gasteiger partial charge in [-0.1, -0.05) is 43.9 Å². The highest BCUT2D eigenvalue weighted by molar-refractivity contribution is 8.26. The van der Waals surface area contributed by atoms with Crippen LogP contribution in [-0.4, -0.2) is 44.6 Å². The van der Waals surface area contributed by atoms with Crippen LogP contribution in [0.25, 0.3) is 11.7 Å². The summed E-state index contributed by atoms with van der Waals surface area (Å²) >= 11 is 6.47. The molecule has 0 N–H and O–H groups in total. The molecular formula is C21H24N4O2S2. The Hall–Kier alpha value is -2.19. The first-order chi connectivity index (χ1) is 13.8. The molecular weight excluding hydrogens is 404 g/mol. The van der Waals surface area contributed by atoms with E-state index >= 15 is 0 Å². The van der Waals surface area contributed by atoms with Crippen molar-refractivity contribution in [2.24, 2.45) is 11.8 Å². The van der Waals surface area contributed by atoms with Crippen molar-refractivity contribution in [2.45, 2.75) is 27.2 Å². The molecule has 2 unspecified atom stereocenters. The van der Waals surface area contributed by atoms with Crippen LogP contribution in [0.1, 0.15) is 31.4 Å². The number of nitrogens with zero attached hydrogens (tertiary/aromatic N) is 4. The molecule has 2 aromatic heterocycles. The zero-order valence-corrected chi connectivity index (χ0v) is 18.6. The Balaban J connectivity index is 1.94. The molecule has 29 heavy (non-hydrogen) atoms. The Labute approximate surface area is 179 Å². The van der Waals surface area contributed by atoms with E-state index in [9.17, 15) is 9.59 Å². The van der Waals surface area contributed by atoms with Crippen molar-refractivity contribution in [3.05, 3.63) is 44.7 Å². The summed E-state index contributed by atoms with van der Waals surface area (Å²) in [7, 11) is 1.66. The Morgan fingerprint density at radius 1 is 1.24 bits per heavy atom. The summed E-state index contributed by atoms with van der Waals surface area (Å²) in [5.41, 5.74) is 1.87. The number of rotatable bonds is 2. The molecule has 0 saturated carbocycles. The molecule has 4 heterocycles. The van der Waals surface area contributed by atoms with Gasteiger partial charge in [0.2, 0.25) is 0 Å². The molecule has 2 aliphatic rings. The van der Waals surface area contributed by atoms with E-state index in [1.165, 1.54) is 16.7 Å². The quantitative estimate of drug-likeness (QED) is 0.540. The van der Waals surface area contributed by atoms with Crippen molar-refractivity contribution in [2.75, 3.05) is 25.0 Å². The van der Waals surface area contributed by atoms with Crippen LogP contribution >= 0.6 is 24.0 Å². The van der Waals surface area contributed by atoms with Crippen molar-refractivity contribution in [1.29, 1.82) is 0 Å². The van der Waals surface area contributed by atoms with Gasteiger partial charge in [-0.15, -0.1) is 0 Å². The minimum absolute atomic E-state index is 0.166. The topological polar surface area (TPSA) is 57.9 Å². The summed E-state index contributed by atoms with van der Waals surface area (Å²) in [4.78, 5) is 35.0. The number of aromatic nitrogens is 2. The van der Waals surface area contributed by atoms with Crippen molar-refractivity contribution >= 4 is 51.7 Å². The lowest BCUT2D eigenvalue weighted by atomic mass is 9.91. The van der Waals surface area contributed by atoms with Gasteiger partial charge in [-0.3, -0.25) is 18.9 Å². The molecule has 152 valence electrons. The number of piperidine rings is 1. The third kappa shape index (κ3) is 3.59. The fraction of sp³-hybridized carbons (Fsp3) is 0.429. The molecule has 0 aliphatic carbocycles. The van der Waals surface area contributed by atoms with Gasteiger partial charge in [0, 0.05) is 26.3 Å². The number of anilines is 1. The molecule has 8 heteroatoms. The number of aryl methyl sites for hydroxylation is 1. The maximum Gasteiger partial charge on any atom is 0.267 e. The highest BCUT2D eigenvalue weighted by Gasteiger charge is 2.31. The number of carbonyl (C=O) groups excluding carboxylic acids is 1. The van der Waals surface area contributed by atoms with Gasteiger partial charge in [-0.25, -0.2) is 4.98 Å². The summed E-state index contributed by atoms with van der Waals surface area (Å²) in [6.45, 7) is 8.09. The zero-order valence-electron chi connectivity index (χ0n) is 17.0. The van der Waals surface area contributed by atoms with Gasteiger partial charge in [-0.2, -0.15) is 0 Å². The van der Waals surface area contributed by atoms with Crippen molar-refractivity contribution in [3.8, 4) is 0 Å². The number of thiocarbonyl (C=S) groups is 1. The van der Waals surface area contributed by atoms with Gasteiger partial charge in [0.15, 0.2) is 0 Å². The molecule has 2 fully saturated rings. The fourth-order valence-electron chi connectivity index (χ4n) is 4.18. The summed E-state index contributed by atoms with van der Waals surface area (Å²) in [5.74, 6) is 1.50. The van der Waals surface area contributed by atoms with Crippen molar-refractivity contribution in [3.63, 3.8) is 0 Å². The molecule has 2 saturated heterocycles. The maximum absolute atomic E-state index is 13.4. The standard InChI is InChI=1S/C21H24N4O2S2/c1-12-8-13(2)11-24(10-12)18-15(9-16-20(27)23(4)21(28)29-16)19(26)25-7-5-6-14(3)17(25)22-18/h5-7,9,12-13H,8,10-11H2,1-4H3. The highest BCUT2D eigenvalue weighted by Crippen LogP contribution is 2.33. The molecule has 0 radical (unpaired) electrons. The Bertz CT molecular complexity index is 1100. The second-order valence-corrected chi connectivity index (χ2v) is 9.81. The monoisotopic (exact) mass is 428 g/mol. The summed E-state index contributed by atoms with van der Waals surface area (Å²) in [5, 5.41) is 0. The zero-order chi connectivity index (χ0) is 20.9. The van der Waals surface area contributed by atoms with Crippen LogP contribution in [0.15, 0.2) is 28.0 Å². The summed E-state index contributed by atoms with van der Waals surface area (Å²) in [6.07, 6.45) is 4.56. The minimum Gasteiger partial charge on any atom is -0.355 e. The van der Waals surface area contributed by atoms with E-state index in [-0.39, 0.29) is 11.5 Å². The lowest BCUT2D eigenvalue weighted by molar-refractivity contribution is -0.121. The number of fused-ring (bicyclic) bond motifs is 1. The fourth-order valence-corrected chi connectivity index (χ4v) is 5.34. The van der Waals surface area contributed by atoms with Crippen LogP contribution in [0.5, 0.6) is 0 Å². The van der Waals surface area contributed by atoms with Crippen LogP contribution in [0.2, 0.25) is 0 Å². The van der Waals surface area contributed by atoms with Gasteiger partial charge >= 0.3 is 0 Å². The molecule has 0 bridgehead atoms. The number of carbonyl (C=O) groups is 1. The minimum atomic E-state index is -0.180. The maximum atomic E-state index is 13.4. The predicted octanol–water partition coefficient (Wildman–Crippen LogP) is 3.32. The number of amides is 1. The van der Waals surface area contributed by atoms with E-state index in [1.807, 2.05) is 19.1 Å². The second-order valence-electron chi connectivity index (χ2n) is 8.13. The van der Waals surface area contributed by atoms with E-state index in [0.717, 1.165) is 25.1 Å². The number of hydrogen-bond donors (Lipinski definition) is 0. The van der Waals surface area contributed by atoms with Crippen molar-refractivity contribution < 1.29 is 4.79 Å². The Morgan fingerprint density at radius 2 is 1.93 bits per heavy atom. The lowest BCUT2D eigenvalue weighted by Gasteiger charge is -2.36. The molecule has 2 aliphatic heterocycles. The molecule has 2 atom stereocenters. The summed E-state index contributed by atoms with van der Waals surface area (Å²) < 4.78 is 2.06. The average molecular weight is 429 g/mol. The second kappa shape index (κ2) is 7.57. The smallest absolute Gasteiger partial charge is 0.267 e. The van der Waals surface area contributed by atoms with Crippen LogP contribution in [0.4, 0.5) is 5.82 Å². The number of pyridine rings is 1. The Kier molecular flexibility index (Phi) is 5.25. The van der Waals surface area contributed by atoms with E-state index in [2.05, 4.69) is 18.7 Å². The number of hydrogen-bond acceptors (Lipinski definition) is 6. The first-order valence-electron chi connectivity index (χ1n) is 9.74. The van der Waals surface area contributed by atoms with E-state index in [4.69, 9.17) is 17.2 Å². The molecule has 0 spiro atoms. The summed E-state index contributed by atoms with van der Waals surface area (Å²) in [6, 6.07) is 3.79. The predicted molar refractivity (Wildman–Crippen MR) is 122 cm³/mol. The van der Waals surface area contributed by atoms with Gasteiger partial charge in [0.05, 0.1) is 10.5 Å². The van der Waals surface area contributed by atoms with Crippen LogP contribution in [-0.2, 0) is 4.79 Å². The van der Waals surface area contributed by atoms with E-state index < -0.39 is 0 Å². The highest BCUT2D eigenvalue weighted by atomic mass is 32.2. The number of thioether (sulfide) groups is 1. The van der Waals surface area contributed by atoms with Gasteiger partial charge in [-0.05, 0) is 42.9 Å². The largest absolute Gasteiger partial charge is 0.355 e. The third-order valence-corrected chi connectivity index (χ3v) is 6.98.